The highest BCUT2D eigenvalue weighted by atomic mass is 16.5. The fourth-order valence-corrected chi connectivity index (χ4v) is 0.434. The Morgan fingerprint density at radius 1 is 1.38 bits per heavy atom. The summed E-state index contributed by atoms with van der Waals surface area (Å²) < 4.78 is 4.34. The fourth-order valence-electron chi connectivity index (χ4n) is 0.434. The molecule has 0 spiro atoms. The van der Waals surface area contributed by atoms with Crippen LogP contribution < -0.4 is 0 Å². The number of aliphatic imine (C=N–C) groups is 1. The zero-order valence-electron chi connectivity index (χ0n) is 10.8. The predicted octanol–water partition coefficient (Wildman–Crippen LogP) is 3.54. The molecule has 0 saturated carbocycles. The number of methoxy groups -OCH3 is 1. The lowest BCUT2D eigenvalue weighted by Crippen LogP contribution is -1.92. The topological polar surface area (TPSA) is 38.7 Å². The number of rotatable bonds is 4. The normalized spacial score (nSPS) is 8.50. The van der Waals surface area contributed by atoms with Crippen LogP contribution in [0.5, 0.6) is 0 Å². The number of hydrogen-bond donors (Lipinski definition) is 0. The molecule has 3 nitrogen and oxygen atoms in total. The molecule has 0 aromatic heterocycles. The highest BCUT2D eigenvalue weighted by Crippen LogP contribution is 1.83. The van der Waals surface area contributed by atoms with E-state index in [-0.39, 0.29) is 5.97 Å². The third-order valence-electron chi connectivity index (χ3n) is 1.01. The van der Waals surface area contributed by atoms with E-state index in [0.717, 1.165) is 0 Å². The number of esters is 1. The Kier molecular flexibility index (Phi) is 28.9. The third-order valence-corrected chi connectivity index (χ3v) is 1.01. The quantitative estimate of drug-likeness (QED) is 0.318. The van der Waals surface area contributed by atoms with Gasteiger partial charge in [0.2, 0.25) is 0 Å². The Bertz CT molecular complexity index is 218. The Labute approximate surface area is 99.2 Å². The van der Waals surface area contributed by atoms with E-state index in [1.807, 2.05) is 20.8 Å². The van der Waals surface area contributed by atoms with Crippen LogP contribution >= 0.6 is 0 Å². The maximum Gasteiger partial charge on any atom is 0.330 e. The summed E-state index contributed by atoms with van der Waals surface area (Å²) in [5, 5.41) is 0. The van der Waals surface area contributed by atoms with E-state index in [9.17, 15) is 4.79 Å². The first-order valence-corrected chi connectivity index (χ1v) is 5.17. The molecule has 3 heteroatoms. The molecular weight excluding hydrogens is 202 g/mol. The van der Waals surface area contributed by atoms with Crippen molar-refractivity contribution in [3.63, 3.8) is 0 Å². The van der Waals surface area contributed by atoms with Crippen LogP contribution in [0.1, 0.15) is 27.2 Å². The van der Waals surface area contributed by atoms with Gasteiger partial charge in [-0.25, -0.2) is 4.79 Å². The van der Waals surface area contributed by atoms with Crippen LogP contribution in [0, 0.1) is 0 Å². The first-order valence-electron chi connectivity index (χ1n) is 5.17. The maximum absolute atomic E-state index is 10.3. The summed E-state index contributed by atoms with van der Waals surface area (Å²) >= 11 is 0. The van der Waals surface area contributed by atoms with Crippen LogP contribution in [0.25, 0.3) is 0 Å². The summed E-state index contributed by atoms with van der Waals surface area (Å²) in [6.07, 6.45) is 8.67. The molecule has 0 bridgehead atoms. The van der Waals surface area contributed by atoms with Crippen LogP contribution in [0.2, 0.25) is 0 Å². The van der Waals surface area contributed by atoms with E-state index in [1.54, 1.807) is 18.4 Å². The molecule has 0 aliphatic carbocycles. The Balaban J connectivity index is -0.000000205. The first kappa shape index (κ1) is 19.9. The molecule has 92 valence electrons. The van der Waals surface area contributed by atoms with Crippen molar-refractivity contribution in [3.05, 3.63) is 37.6 Å². The van der Waals surface area contributed by atoms with Gasteiger partial charge in [0.25, 0.3) is 0 Å². The Morgan fingerprint density at radius 2 is 1.94 bits per heavy atom. The summed E-state index contributed by atoms with van der Waals surface area (Å²) in [7, 11) is 1.35. The molecule has 0 aliphatic rings. The molecule has 0 aromatic rings. The number of allylic oxidation sites excluding steroid dienone is 2. The zero-order valence-corrected chi connectivity index (χ0v) is 10.8. The Hall–Kier alpha value is -1.64. The van der Waals surface area contributed by atoms with Crippen molar-refractivity contribution in [2.45, 2.75) is 27.2 Å². The lowest BCUT2D eigenvalue weighted by Gasteiger charge is -1.86. The summed E-state index contributed by atoms with van der Waals surface area (Å²) in [5.74, 6) is -0.322. The smallest absolute Gasteiger partial charge is 0.330 e. The number of ether oxygens (including phenoxy) is 1. The molecule has 0 saturated heterocycles. The SMILES string of the molecule is C=CC/C=C/C(=O)OC.C=CN=CC.CC. The molecule has 0 N–H and O–H groups in total. The molecule has 0 rings (SSSR count). The molecule has 0 aromatic carbocycles. The van der Waals surface area contributed by atoms with Crippen molar-refractivity contribution in [2.24, 2.45) is 4.99 Å². The molecular formula is C13H23NO2. The minimum absolute atomic E-state index is 0.322. The van der Waals surface area contributed by atoms with Crippen molar-refractivity contribution in [1.29, 1.82) is 0 Å². The van der Waals surface area contributed by atoms with Gasteiger partial charge in [-0.2, -0.15) is 0 Å². The van der Waals surface area contributed by atoms with E-state index in [4.69, 9.17) is 0 Å². The van der Waals surface area contributed by atoms with Gasteiger partial charge < -0.3 is 4.74 Å². The highest BCUT2D eigenvalue weighted by Gasteiger charge is 1.86. The van der Waals surface area contributed by atoms with Crippen molar-refractivity contribution in [1.82, 2.24) is 0 Å². The Morgan fingerprint density at radius 3 is 2.19 bits per heavy atom. The summed E-state index contributed by atoms with van der Waals surface area (Å²) in [6.45, 7) is 12.7. The average Bonchev–Trinajstić information content (AvgIpc) is 2.33. The van der Waals surface area contributed by atoms with Crippen LogP contribution in [0.3, 0.4) is 0 Å². The van der Waals surface area contributed by atoms with E-state index < -0.39 is 0 Å². The van der Waals surface area contributed by atoms with Gasteiger partial charge in [-0.1, -0.05) is 32.6 Å². The van der Waals surface area contributed by atoms with Crippen molar-refractivity contribution >= 4 is 12.2 Å². The van der Waals surface area contributed by atoms with Crippen LogP contribution in [-0.2, 0) is 9.53 Å². The molecule has 0 heterocycles. The van der Waals surface area contributed by atoms with E-state index in [2.05, 4.69) is 22.9 Å². The largest absolute Gasteiger partial charge is 0.466 e. The summed E-state index contributed by atoms with van der Waals surface area (Å²) in [6, 6.07) is 0. The van der Waals surface area contributed by atoms with Crippen LogP contribution in [-0.4, -0.2) is 19.3 Å². The predicted molar refractivity (Wildman–Crippen MR) is 71.7 cm³/mol. The molecule has 0 radical (unpaired) electrons. The minimum atomic E-state index is -0.322. The molecule has 0 atom stereocenters. The molecule has 0 amide bonds. The monoisotopic (exact) mass is 225 g/mol. The van der Waals surface area contributed by atoms with Gasteiger partial charge in [0, 0.05) is 18.5 Å². The van der Waals surface area contributed by atoms with Crippen molar-refractivity contribution < 1.29 is 9.53 Å². The maximum atomic E-state index is 10.3. The number of carbonyl (C=O) groups excluding carboxylic acids is 1. The molecule has 0 unspecified atom stereocenters. The van der Waals surface area contributed by atoms with Crippen LogP contribution in [0.4, 0.5) is 0 Å². The molecule has 16 heavy (non-hydrogen) atoms. The van der Waals surface area contributed by atoms with Gasteiger partial charge in [-0.3, -0.25) is 4.99 Å². The third kappa shape index (κ3) is 29.4. The van der Waals surface area contributed by atoms with Gasteiger partial charge in [-0.15, -0.1) is 6.58 Å². The minimum Gasteiger partial charge on any atom is -0.466 e. The average molecular weight is 225 g/mol. The molecule has 0 fully saturated rings. The number of hydrogen-bond acceptors (Lipinski definition) is 3. The second kappa shape index (κ2) is 23.3. The zero-order chi connectivity index (χ0) is 13.2. The van der Waals surface area contributed by atoms with Gasteiger partial charge in [0.1, 0.15) is 0 Å². The van der Waals surface area contributed by atoms with Crippen LogP contribution in [0.15, 0.2) is 42.6 Å². The molecule has 0 aliphatic heterocycles. The van der Waals surface area contributed by atoms with Crippen molar-refractivity contribution in [3.8, 4) is 0 Å². The second-order valence-electron chi connectivity index (χ2n) is 2.04. The lowest BCUT2D eigenvalue weighted by atomic mass is 10.4. The lowest BCUT2D eigenvalue weighted by molar-refractivity contribution is -0.134. The standard InChI is InChI=1S/C7H10O2.C4H7N.C2H6/c1-3-4-5-6-7(8)9-2;1-3-5-4-2;1-2/h3,5-6H,1,4H2,2H3;3-4H,1H2,2H3;1-2H3/b6-5+;;. The summed E-state index contributed by atoms with van der Waals surface area (Å²) in [5.41, 5.74) is 0. The first-order chi connectivity index (χ1) is 7.72. The van der Waals surface area contributed by atoms with E-state index in [0.29, 0.717) is 6.42 Å². The van der Waals surface area contributed by atoms with Gasteiger partial charge in [0.05, 0.1) is 7.11 Å². The van der Waals surface area contributed by atoms with Gasteiger partial charge >= 0.3 is 5.97 Å². The second-order valence-corrected chi connectivity index (χ2v) is 2.04. The highest BCUT2D eigenvalue weighted by molar-refractivity contribution is 5.81. The van der Waals surface area contributed by atoms with Gasteiger partial charge in [0.15, 0.2) is 0 Å². The number of carbonyl (C=O) groups is 1. The fraction of sp³-hybridized carbons (Fsp3) is 0.385. The van der Waals surface area contributed by atoms with Crippen molar-refractivity contribution in [2.75, 3.05) is 7.11 Å². The number of nitrogens with zero attached hydrogens (tertiary/aromatic N) is 1. The van der Waals surface area contributed by atoms with Gasteiger partial charge in [-0.05, 0) is 13.3 Å². The summed E-state index contributed by atoms with van der Waals surface area (Å²) in [4.78, 5) is 14.0. The van der Waals surface area contributed by atoms with E-state index in [1.165, 1.54) is 19.4 Å². The van der Waals surface area contributed by atoms with E-state index >= 15 is 0 Å².